The summed E-state index contributed by atoms with van der Waals surface area (Å²) in [5.41, 5.74) is 0. The normalized spacial score (nSPS) is 15.5. The predicted molar refractivity (Wildman–Crippen MR) is 63.8 cm³/mol. The van der Waals surface area contributed by atoms with E-state index in [2.05, 4.69) is 14.8 Å². The van der Waals surface area contributed by atoms with Gasteiger partial charge in [-0.2, -0.15) is 0 Å². The molecule has 2 N–H and O–H groups in total. The second-order valence-corrected chi connectivity index (χ2v) is 6.65. The Bertz CT molecular complexity index is 541. The highest BCUT2D eigenvalue weighted by molar-refractivity contribution is 7.91. The Morgan fingerprint density at radius 2 is 2.06 bits per heavy atom. The Balaban J connectivity index is 3.19. The molecule has 0 radical (unpaired) electrons. The molecule has 0 spiro atoms. The predicted octanol–water partition coefficient (Wildman–Crippen LogP) is -0.593. The highest BCUT2D eigenvalue weighted by atomic mass is 32.2. The Morgan fingerprint density at radius 1 is 1.47 bits per heavy atom. The first kappa shape index (κ1) is 14.3. The number of aryl methyl sites for hydroxylation is 1. The molecule has 0 aliphatic rings. The average molecular weight is 280 g/mol. The average Bonchev–Trinajstić information content (AvgIpc) is 2.45. The van der Waals surface area contributed by atoms with Crippen molar-refractivity contribution in [1.29, 1.82) is 0 Å². The van der Waals surface area contributed by atoms with Crippen LogP contribution in [0, 0.1) is 0 Å². The first-order valence-electron chi connectivity index (χ1n) is 5.00. The van der Waals surface area contributed by atoms with Crippen molar-refractivity contribution in [3.63, 3.8) is 0 Å². The van der Waals surface area contributed by atoms with Crippen LogP contribution in [0.15, 0.2) is 9.33 Å². The summed E-state index contributed by atoms with van der Waals surface area (Å²) in [6.07, 6.45) is -0.893. The van der Waals surface area contributed by atoms with E-state index in [-0.39, 0.29) is 10.4 Å². The topological polar surface area (TPSA) is 96.6 Å². The largest absolute Gasteiger partial charge is 0.372 e. The van der Waals surface area contributed by atoms with Crippen LogP contribution in [-0.2, 0) is 17.1 Å². The van der Waals surface area contributed by atoms with E-state index in [0.29, 0.717) is 4.80 Å². The summed E-state index contributed by atoms with van der Waals surface area (Å²) in [5, 5.41) is 13.0. The molecule has 0 bridgehead atoms. The molecule has 1 heterocycles. The Morgan fingerprint density at radius 3 is 2.53 bits per heavy atom. The van der Waals surface area contributed by atoms with Gasteiger partial charge >= 0.3 is 0 Å². The summed E-state index contributed by atoms with van der Waals surface area (Å²) in [6, 6.07) is -0.202. The van der Waals surface area contributed by atoms with Gasteiger partial charge in [0.25, 0.3) is 10.0 Å². The lowest BCUT2D eigenvalue weighted by molar-refractivity contribution is 0.200. The van der Waals surface area contributed by atoms with Crippen LogP contribution in [0.5, 0.6) is 0 Å². The van der Waals surface area contributed by atoms with Crippen molar-refractivity contribution in [3.05, 3.63) is 4.80 Å². The third kappa shape index (κ3) is 3.87. The van der Waals surface area contributed by atoms with E-state index >= 15 is 0 Å². The first-order chi connectivity index (χ1) is 7.72. The van der Waals surface area contributed by atoms with Crippen LogP contribution in [0.1, 0.15) is 20.8 Å². The van der Waals surface area contributed by atoms with Gasteiger partial charge in [-0.25, -0.2) is 22.8 Å². The molecule has 0 fully saturated rings. The van der Waals surface area contributed by atoms with E-state index in [4.69, 9.17) is 5.11 Å². The molecule has 1 aromatic rings. The fourth-order valence-electron chi connectivity index (χ4n) is 1.07. The third-order valence-electron chi connectivity index (χ3n) is 1.61. The van der Waals surface area contributed by atoms with Crippen LogP contribution < -0.4 is 9.52 Å². The molecule has 0 aliphatic carbocycles. The van der Waals surface area contributed by atoms with Gasteiger partial charge in [0, 0.05) is 13.1 Å². The van der Waals surface area contributed by atoms with Crippen molar-refractivity contribution >= 4 is 21.4 Å². The van der Waals surface area contributed by atoms with Crippen molar-refractivity contribution in [2.24, 2.45) is 12.0 Å². The van der Waals surface area contributed by atoms with Crippen LogP contribution in [0.25, 0.3) is 0 Å². The first-order valence-corrected chi connectivity index (χ1v) is 7.30. The number of hydrogen-bond donors (Lipinski definition) is 2. The van der Waals surface area contributed by atoms with Crippen LogP contribution in [0.4, 0.5) is 0 Å². The molecule has 0 aromatic carbocycles. The van der Waals surface area contributed by atoms with Gasteiger partial charge in [-0.3, -0.25) is 0 Å². The zero-order valence-electron chi connectivity index (χ0n) is 10.1. The minimum Gasteiger partial charge on any atom is -0.372 e. The smallest absolute Gasteiger partial charge is 0.270 e. The number of sulfonamides is 1. The fraction of sp³-hybridized carbons (Fsp3) is 0.750. The molecule has 0 saturated carbocycles. The molecule has 1 unspecified atom stereocenters. The van der Waals surface area contributed by atoms with Gasteiger partial charge in [0.2, 0.25) is 9.14 Å². The van der Waals surface area contributed by atoms with E-state index in [9.17, 15) is 8.42 Å². The summed E-state index contributed by atoms with van der Waals surface area (Å²) < 4.78 is 27.3. The lowest BCUT2D eigenvalue weighted by atomic mass is 10.4. The summed E-state index contributed by atoms with van der Waals surface area (Å²) >= 11 is 0.911. The number of nitrogens with one attached hydrogen (secondary N) is 1. The van der Waals surface area contributed by atoms with Crippen molar-refractivity contribution in [2.45, 2.75) is 37.4 Å². The van der Waals surface area contributed by atoms with Crippen molar-refractivity contribution in [2.75, 3.05) is 0 Å². The summed E-state index contributed by atoms with van der Waals surface area (Å²) in [6.45, 7) is 4.94. The molecule has 0 aliphatic heterocycles. The molecular weight excluding hydrogens is 264 g/mol. The minimum absolute atomic E-state index is 0.0619. The van der Waals surface area contributed by atoms with Gasteiger partial charge in [0.15, 0.2) is 0 Å². The monoisotopic (exact) mass is 280 g/mol. The number of nitrogens with zero attached hydrogens (tertiary/aromatic N) is 3. The lowest BCUT2D eigenvalue weighted by Crippen LogP contribution is -2.30. The van der Waals surface area contributed by atoms with E-state index in [1.807, 2.05) is 0 Å². The van der Waals surface area contributed by atoms with Crippen molar-refractivity contribution in [1.82, 2.24) is 14.5 Å². The zero-order chi connectivity index (χ0) is 13.2. The SMILES string of the molecule is CC(O)N=c1sc(S(=O)(=O)NC(C)C)nn1C. The minimum atomic E-state index is -3.60. The Kier molecular flexibility index (Phi) is 4.42. The number of hydrogen-bond acceptors (Lipinski definition) is 6. The second-order valence-electron chi connectivity index (χ2n) is 3.81. The number of aliphatic hydroxyl groups is 1. The number of aromatic nitrogens is 2. The van der Waals surface area contributed by atoms with Crippen LogP contribution in [-0.4, -0.2) is 35.6 Å². The van der Waals surface area contributed by atoms with Crippen LogP contribution in [0.2, 0.25) is 0 Å². The molecule has 1 rings (SSSR count). The van der Waals surface area contributed by atoms with Gasteiger partial charge < -0.3 is 5.11 Å². The quantitative estimate of drug-likeness (QED) is 0.770. The Hall–Kier alpha value is -0.770. The highest BCUT2D eigenvalue weighted by Gasteiger charge is 2.20. The van der Waals surface area contributed by atoms with Gasteiger partial charge in [-0.15, -0.1) is 5.10 Å². The summed E-state index contributed by atoms with van der Waals surface area (Å²) in [4.78, 5) is 4.21. The van der Waals surface area contributed by atoms with Crippen LogP contribution >= 0.6 is 11.3 Å². The molecule has 0 amide bonds. The molecule has 7 nitrogen and oxygen atoms in total. The van der Waals surface area contributed by atoms with Crippen molar-refractivity contribution in [3.8, 4) is 0 Å². The standard InChI is InChI=1S/C8H16N4O3S2/c1-5(2)11-17(14,15)8-10-12(4)7(16-8)9-6(3)13/h5-6,11,13H,1-4H3. The summed E-state index contributed by atoms with van der Waals surface area (Å²) in [7, 11) is -2.03. The van der Waals surface area contributed by atoms with E-state index < -0.39 is 16.3 Å². The summed E-state index contributed by atoms with van der Waals surface area (Å²) in [5.74, 6) is 0. The van der Waals surface area contributed by atoms with Gasteiger partial charge in [0.1, 0.15) is 6.23 Å². The maximum atomic E-state index is 11.8. The third-order valence-corrected chi connectivity index (χ3v) is 4.64. The highest BCUT2D eigenvalue weighted by Crippen LogP contribution is 2.08. The lowest BCUT2D eigenvalue weighted by Gasteiger charge is -2.05. The molecule has 17 heavy (non-hydrogen) atoms. The van der Waals surface area contributed by atoms with Gasteiger partial charge in [-0.05, 0) is 20.8 Å². The molecule has 0 saturated heterocycles. The zero-order valence-corrected chi connectivity index (χ0v) is 11.7. The fourth-order valence-corrected chi connectivity index (χ4v) is 3.52. The van der Waals surface area contributed by atoms with E-state index in [1.165, 1.54) is 11.6 Å². The molecule has 98 valence electrons. The maximum absolute atomic E-state index is 11.8. The molecule has 9 heteroatoms. The van der Waals surface area contributed by atoms with Crippen LogP contribution in [0.3, 0.4) is 0 Å². The van der Waals surface area contributed by atoms with Crippen molar-refractivity contribution < 1.29 is 13.5 Å². The Labute approximate surface area is 104 Å². The molecule has 1 atom stereocenters. The maximum Gasteiger partial charge on any atom is 0.270 e. The molecule has 1 aromatic heterocycles. The number of aliphatic hydroxyl groups excluding tert-OH is 1. The second kappa shape index (κ2) is 5.25. The number of rotatable bonds is 4. The van der Waals surface area contributed by atoms with E-state index in [1.54, 1.807) is 20.9 Å². The van der Waals surface area contributed by atoms with E-state index in [0.717, 1.165) is 11.3 Å². The van der Waals surface area contributed by atoms with Gasteiger partial charge in [0.05, 0.1) is 0 Å². The molecular formula is C8H16N4O3S2. The van der Waals surface area contributed by atoms with Gasteiger partial charge in [-0.1, -0.05) is 11.3 Å².